The van der Waals surface area contributed by atoms with Gasteiger partial charge >= 0.3 is 0 Å². The maximum atomic E-state index is 14.6. The first kappa shape index (κ1) is 21.4. The Bertz CT molecular complexity index is 675. The topological polar surface area (TPSA) is 30.5 Å². The molecule has 5 rings (SSSR count). The highest BCUT2D eigenvalue weighted by Crippen LogP contribution is 2.59. The van der Waals surface area contributed by atoms with E-state index in [1.165, 1.54) is 12.8 Å². The van der Waals surface area contributed by atoms with Crippen LogP contribution in [0.15, 0.2) is 12.1 Å². The molecule has 158 valence electrons. The molecule has 1 N–H and O–H groups in total. The highest BCUT2D eigenvalue weighted by molar-refractivity contribution is 5.58. The van der Waals surface area contributed by atoms with E-state index >= 15 is 0 Å². The summed E-state index contributed by atoms with van der Waals surface area (Å²) in [6.45, 7) is 9.02. The molecule has 4 atom stereocenters. The van der Waals surface area contributed by atoms with Gasteiger partial charge in [-0.1, -0.05) is 33.8 Å². The van der Waals surface area contributed by atoms with Crippen molar-refractivity contribution in [1.29, 1.82) is 0 Å². The number of methoxy groups -OCH3 is 1. The molecule has 0 bridgehead atoms. The summed E-state index contributed by atoms with van der Waals surface area (Å²) in [6, 6.07) is 4.18. The summed E-state index contributed by atoms with van der Waals surface area (Å²) in [5.41, 5.74) is 2.15. The quantitative estimate of drug-likeness (QED) is 0.724. The van der Waals surface area contributed by atoms with Gasteiger partial charge in [-0.3, -0.25) is 0 Å². The lowest BCUT2D eigenvalue weighted by Crippen LogP contribution is -2.54. The van der Waals surface area contributed by atoms with Crippen LogP contribution in [0.25, 0.3) is 0 Å². The molecular weight excluding hydrogens is 360 g/mol. The predicted molar refractivity (Wildman–Crippen MR) is 109 cm³/mol. The van der Waals surface area contributed by atoms with Gasteiger partial charge in [0.2, 0.25) is 0 Å². The Balaban J connectivity index is 0.000000531. The lowest BCUT2D eigenvalue weighted by Gasteiger charge is -2.44. The number of hydrogen-bond donors (Lipinski definition) is 1. The zero-order valence-corrected chi connectivity index (χ0v) is 17.9. The number of halogens is 2. The molecule has 0 spiro atoms. The SMILES string of the molecule is CC.CC.COc1ccc2c3c1O[C@H]1C3C(CCC1(F)F)[C@@H](NCC1CC1)C2. The van der Waals surface area contributed by atoms with Crippen LogP contribution in [-0.2, 0) is 6.42 Å². The number of alkyl halides is 2. The van der Waals surface area contributed by atoms with Gasteiger partial charge in [0, 0.05) is 23.9 Å². The van der Waals surface area contributed by atoms with E-state index in [0.29, 0.717) is 17.9 Å². The molecule has 0 saturated heterocycles. The van der Waals surface area contributed by atoms with E-state index in [0.717, 1.165) is 30.0 Å². The van der Waals surface area contributed by atoms with Gasteiger partial charge in [-0.05, 0) is 55.7 Å². The van der Waals surface area contributed by atoms with Crippen molar-refractivity contribution in [3.8, 4) is 11.5 Å². The van der Waals surface area contributed by atoms with E-state index in [1.54, 1.807) is 7.11 Å². The third-order valence-electron chi connectivity index (χ3n) is 6.39. The van der Waals surface area contributed by atoms with Gasteiger partial charge in [0.15, 0.2) is 17.6 Å². The van der Waals surface area contributed by atoms with E-state index in [-0.39, 0.29) is 24.3 Å². The molecule has 1 heterocycles. The summed E-state index contributed by atoms with van der Waals surface area (Å²) in [6.07, 6.45) is 2.96. The van der Waals surface area contributed by atoms with Gasteiger partial charge in [0.1, 0.15) is 0 Å². The predicted octanol–water partition coefficient (Wildman–Crippen LogP) is 5.56. The average molecular weight is 396 g/mol. The Morgan fingerprint density at radius 1 is 1.14 bits per heavy atom. The maximum absolute atomic E-state index is 14.6. The molecule has 0 radical (unpaired) electrons. The minimum absolute atomic E-state index is 0.0773. The van der Waals surface area contributed by atoms with E-state index in [2.05, 4.69) is 5.32 Å². The van der Waals surface area contributed by atoms with Crippen molar-refractivity contribution in [2.24, 2.45) is 11.8 Å². The molecule has 3 nitrogen and oxygen atoms in total. The van der Waals surface area contributed by atoms with Gasteiger partial charge < -0.3 is 14.8 Å². The number of benzene rings is 1. The second-order valence-electron chi connectivity index (χ2n) is 7.86. The van der Waals surface area contributed by atoms with Gasteiger partial charge in [0.05, 0.1) is 7.11 Å². The molecule has 5 heteroatoms. The fourth-order valence-corrected chi connectivity index (χ4v) is 4.97. The Labute approximate surface area is 168 Å². The van der Waals surface area contributed by atoms with Crippen LogP contribution in [-0.4, -0.2) is 31.7 Å². The highest BCUT2D eigenvalue weighted by Gasteiger charge is 2.60. The molecule has 0 amide bonds. The van der Waals surface area contributed by atoms with Crippen LogP contribution in [0, 0.1) is 11.8 Å². The monoisotopic (exact) mass is 395 g/mol. The van der Waals surface area contributed by atoms with Gasteiger partial charge in [-0.2, -0.15) is 0 Å². The smallest absolute Gasteiger partial charge is 0.284 e. The van der Waals surface area contributed by atoms with Gasteiger partial charge in [-0.15, -0.1) is 0 Å². The molecule has 4 aliphatic rings. The van der Waals surface area contributed by atoms with E-state index in [4.69, 9.17) is 9.47 Å². The lowest BCUT2D eigenvalue weighted by atomic mass is 9.64. The zero-order chi connectivity index (χ0) is 20.5. The standard InChI is InChI=1S/C19H23F2NO2.2C2H6/c1-23-14-5-4-11-8-13(22-9-10-2-3-10)12-6-7-19(20,21)18-16(12)15(11)17(14)24-18;2*1-2/h4-5,10,12-13,16,18,22H,2-3,6-9H2,1H3;2*1-2H3/t12?,13-,16?,18-;;/m0../s1. The Morgan fingerprint density at radius 3 is 2.50 bits per heavy atom. The zero-order valence-electron chi connectivity index (χ0n) is 17.9. The summed E-state index contributed by atoms with van der Waals surface area (Å²) in [7, 11) is 1.57. The van der Waals surface area contributed by atoms with Crippen molar-refractivity contribution in [2.45, 2.75) is 83.8 Å². The molecule has 1 aromatic carbocycles. The Hall–Kier alpha value is -1.36. The van der Waals surface area contributed by atoms with Gasteiger partial charge in [0.25, 0.3) is 5.92 Å². The number of ether oxygens (including phenoxy) is 2. The largest absolute Gasteiger partial charge is 0.493 e. The average Bonchev–Trinajstić information content (AvgIpc) is 3.46. The van der Waals surface area contributed by atoms with Crippen LogP contribution in [0.1, 0.15) is 70.4 Å². The summed E-state index contributed by atoms with van der Waals surface area (Å²) in [5, 5.41) is 3.69. The third-order valence-corrected chi connectivity index (χ3v) is 6.39. The minimum Gasteiger partial charge on any atom is -0.493 e. The normalized spacial score (nSPS) is 30.7. The maximum Gasteiger partial charge on any atom is 0.284 e. The van der Waals surface area contributed by atoms with Crippen LogP contribution in [0.2, 0.25) is 0 Å². The molecular formula is C23H35F2NO2. The van der Waals surface area contributed by atoms with Crippen molar-refractivity contribution in [1.82, 2.24) is 5.32 Å². The number of rotatable bonds is 4. The first-order chi connectivity index (χ1) is 13.6. The minimum atomic E-state index is -2.76. The molecule has 2 fully saturated rings. The number of hydrogen-bond acceptors (Lipinski definition) is 3. The van der Waals surface area contributed by atoms with Crippen molar-refractivity contribution in [3.63, 3.8) is 0 Å². The van der Waals surface area contributed by atoms with Crippen LogP contribution < -0.4 is 14.8 Å². The van der Waals surface area contributed by atoms with Crippen molar-refractivity contribution in [2.75, 3.05) is 13.7 Å². The van der Waals surface area contributed by atoms with Crippen molar-refractivity contribution < 1.29 is 18.3 Å². The van der Waals surface area contributed by atoms with E-state index < -0.39 is 12.0 Å². The fraction of sp³-hybridized carbons (Fsp3) is 0.739. The van der Waals surface area contributed by atoms with E-state index in [9.17, 15) is 8.78 Å². The van der Waals surface area contributed by atoms with Gasteiger partial charge in [-0.25, -0.2) is 8.78 Å². The van der Waals surface area contributed by atoms with E-state index in [1.807, 2.05) is 39.8 Å². The second-order valence-corrected chi connectivity index (χ2v) is 7.86. The Kier molecular flexibility index (Phi) is 6.53. The van der Waals surface area contributed by atoms with Crippen molar-refractivity contribution in [3.05, 3.63) is 23.3 Å². The molecule has 1 aromatic rings. The summed E-state index contributed by atoms with van der Waals surface area (Å²) in [4.78, 5) is 0. The molecule has 2 saturated carbocycles. The summed E-state index contributed by atoms with van der Waals surface area (Å²) >= 11 is 0. The number of nitrogens with one attached hydrogen (secondary N) is 1. The molecule has 1 aliphatic heterocycles. The first-order valence-corrected chi connectivity index (χ1v) is 11.1. The molecule has 3 aliphatic carbocycles. The third kappa shape index (κ3) is 3.62. The Morgan fingerprint density at radius 2 is 1.86 bits per heavy atom. The summed E-state index contributed by atoms with van der Waals surface area (Å²) in [5.74, 6) is -0.799. The molecule has 0 aromatic heterocycles. The molecule has 28 heavy (non-hydrogen) atoms. The second kappa shape index (κ2) is 8.56. The van der Waals surface area contributed by atoms with Crippen LogP contribution in [0.3, 0.4) is 0 Å². The highest BCUT2D eigenvalue weighted by atomic mass is 19.3. The van der Waals surface area contributed by atoms with Crippen LogP contribution >= 0.6 is 0 Å². The van der Waals surface area contributed by atoms with Crippen LogP contribution in [0.4, 0.5) is 8.78 Å². The first-order valence-electron chi connectivity index (χ1n) is 11.1. The van der Waals surface area contributed by atoms with Crippen molar-refractivity contribution >= 4 is 0 Å². The lowest BCUT2D eigenvalue weighted by molar-refractivity contribution is -0.134. The fourth-order valence-electron chi connectivity index (χ4n) is 4.97. The van der Waals surface area contributed by atoms with Crippen LogP contribution in [0.5, 0.6) is 11.5 Å². The molecule has 2 unspecified atom stereocenters. The summed E-state index contributed by atoms with van der Waals surface area (Å²) < 4.78 is 40.3.